The lowest BCUT2D eigenvalue weighted by Crippen LogP contribution is -2.43. The highest BCUT2D eigenvalue weighted by Crippen LogP contribution is 2.54. The van der Waals surface area contributed by atoms with Gasteiger partial charge in [0.2, 0.25) is 5.91 Å². The predicted molar refractivity (Wildman–Crippen MR) is 113 cm³/mol. The molecule has 160 valence electrons. The lowest BCUT2D eigenvalue weighted by molar-refractivity contribution is -0.116. The van der Waals surface area contributed by atoms with Gasteiger partial charge in [-0.1, -0.05) is 12.8 Å². The van der Waals surface area contributed by atoms with E-state index >= 15 is 0 Å². The van der Waals surface area contributed by atoms with E-state index in [1.807, 2.05) is 24.3 Å². The second-order valence-electron chi connectivity index (χ2n) is 8.72. The monoisotopic (exact) mass is 420 g/mol. The lowest BCUT2D eigenvalue weighted by atomic mass is 10.1. The maximum atomic E-state index is 12.3. The van der Waals surface area contributed by atoms with Gasteiger partial charge in [-0.15, -0.1) is 0 Å². The van der Waals surface area contributed by atoms with Crippen LogP contribution in [0.15, 0.2) is 30.5 Å². The standard InChI is InChI=1S/C23H24N4O4/c28-18-8-6-14-17(9-10-24-22(14)26-18)30-13-5-7-16-15(11-13)19-20(21(19)31-16)27-23(29)25-12-3-1-2-4-12/h5,7,9-12,19-21H,1-4,6,8H2,(H,24,26,28)(H2,25,27,29)/t19-,20-,21-/m0/s1. The van der Waals surface area contributed by atoms with E-state index in [2.05, 4.69) is 20.9 Å². The number of ether oxygens (including phenoxy) is 2. The summed E-state index contributed by atoms with van der Waals surface area (Å²) >= 11 is 0. The van der Waals surface area contributed by atoms with Crippen molar-refractivity contribution in [3.8, 4) is 17.2 Å². The largest absolute Gasteiger partial charge is 0.487 e. The molecule has 0 bridgehead atoms. The summed E-state index contributed by atoms with van der Waals surface area (Å²) in [5.41, 5.74) is 1.97. The highest BCUT2D eigenvalue weighted by Gasteiger charge is 2.59. The number of rotatable bonds is 4. The summed E-state index contributed by atoms with van der Waals surface area (Å²) in [4.78, 5) is 28.2. The fourth-order valence-electron chi connectivity index (χ4n) is 5.00. The first kappa shape index (κ1) is 18.5. The Morgan fingerprint density at radius 1 is 1.16 bits per heavy atom. The topological polar surface area (TPSA) is 102 Å². The molecule has 8 heteroatoms. The van der Waals surface area contributed by atoms with Crippen LogP contribution in [0.1, 0.15) is 49.1 Å². The molecule has 8 nitrogen and oxygen atoms in total. The average Bonchev–Trinajstić information content (AvgIpc) is 3.09. The van der Waals surface area contributed by atoms with Crippen LogP contribution in [0, 0.1) is 0 Å². The van der Waals surface area contributed by atoms with Crippen molar-refractivity contribution in [3.63, 3.8) is 0 Å². The number of carbonyl (C=O) groups excluding carboxylic acids is 2. The van der Waals surface area contributed by atoms with Crippen molar-refractivity contribution in [1.29, 1.82) is 0 Å². The number of nitrogens with one attached hydrogen (secondary N) is 3. The Morgan fingerprint density at radius 3 is 2.90 bits per heavy atom. The fraction of sp³-hybridized carbons (Fsp3) is 0.435. The third-order valence-electron chi connectivity index (χ3n) is 6.65. The normalized spacial score (nSPS) is 25.5. The molecule has 0 unspecified atom stereocenters. The molecule has 3 amide bonds. The quantitative estimate of drug-likeness (QED) is 0.705. The fourth-order valence-corrected chi connectivity index (χ4v) is 5.00. The van der Waals surface area contributed by atoms with Gasteiger partial charge < -0.3 is 25.4 Å². The van der Waals surface area contributed by atoms with Gasteiger partial charge in [0, 0.05) is 29.8 Å². The number of urea groups is 1. The van der Waals surface area contributed by atoms with Crippen molar-refractivity contribution in [1.82, 2.24) is 15.6 Å². The van der Waals surface area contributed by atoms with E-state index in [1.54, 1.807) is 6.20 Å². The highest BCUT2D eigenvalue weighted by atomic mass is 16.5. The number of hydrogen-bond acceptors (Lipinski definition) is 5. The zero-order valence-electron chi connectivity index (χ0n) is 17.0. The van der Waals surface area contributed by atoms with E-state index in [-0.39, 0.29) is 30.0 Å². The number of aromatic nitrogens is 1. The summed E-state index contributed by atoms with van der Waals surface area (Å²) in [6.45, 7) is 0. The number of hydrogen-bond donors (Lipinski definition) is 3. The van der Waals surface area contributed by atoms with Gasteiger partial charge in [-0.05, 0) is 43.5 Å². The van der Waals surface area contributed by atoms with E-state index < -0.39 is 0 Å². The first-order valence-corrected chi connectivity index (χ1v) is 11.0. The Morgan fingerprint density at radius 2 is 2.03 bits per heavy atom. The summed E-state index contributed by atoms with van der Waals surface area (Å²) in [7, 11) is 0. The molecule has 3 atom stereocenters. The molecule has 4 aliphatic rings. The van der Waals surface area contributed by atoms with Crippen LogP contribution in [0.4, 0.5) is 10.6 Å². The highest BCUT2D eigenvalue weighted by molar-refractivity contribution is 5.93. The number of nitrogens with zero attached hydrogens (tertiary/aromatic N) is 1. The molecule has 3 heterocycles. The number of anilines is 1. The number of pyridine rings is 1. The molecular formula is C23H24N4O4. The van der Waals surface area contributed by atoms with Gasteiger partial charge in [0.25, 0.3) is 0 Å². The molecule has 2 saturated carbocycles. The van der Waals surface area contributed by atoms with Crippen LogP contribution in [-0.2, 0) is 11.2 Å². The Labute approximate surface area is 179 Å². The van der Waals surface area contributed by atoms with E-state index in [9.17, 15) is 9.59 Å². The minimum atomic E-state index is -0.102. The van der Waals surface area contributed by atoms with Crippen molar-refractivity contribution < 1.29 is 19.1 Å². The van der Waals surface area contributed by atoms with Gasteiger partial charge in [0.1, 0.15) is 29.2 Å². The maximum absolute atomic E-state index is 12.3. The summed E-state index contributed by atoms with van der Waals surface area (Å²) in [5.74, 6) is 2.94. The van der Waals surface area contributed by atoms with Crippen LogP contribution < -0.4 is 25.4 Å². The van der Waals surface area contributed by atoms with E-state index in [0.29, 0.717) is 36.2 Å². The summed E-state index contributed by atoms with van der Waals surface area (Å²) in [6, 6.07) is 7.79. The Kier molecular flexibility index (Phi) is 4.26. The minimum Gasteiger partial charge on any atom is -0.487 e. The van der Waals surface area contributed by atoms with Crippen LogP contribution in [0.5, 0.6) is 17.2 Å². The first-order chi connectivity index (χ1) is 15.2. The molecule has 2 fully saturated rings. The molecule has 2 aliphatic heterocycles. The Bertz CT molecular complexity index is 1070. The van der Waals surface area contributed by atoms with Gasteiger partial charge in [-0.3, -0.25) is 4.79 Å². The molecular weight excluding hydrogens is 396 g/mol. The summed E-state index contributed by atoms with van der Waals surface area (Å²) in [5, 5.41) is 8.94. The number of carbonyl (C=O) groups is 2. The van der Waals surface area contributed by atoms with Crippen molar-refractivity contribution in [2.45, 2.75) is 62.6 Å². The molecule has 3 N–H and O–H groups in total. The minimum absolute atomic E-state index is 0.00643. The van der Waals surface area contributed by atoms with Gasteiger partial charge >= 0.3 is 6.03 Å². The molecule has 31 heavy (non-hydrogen) atoms. The molecule has 1 aromatic carbocycles. The van der Waals surface area contributed by atoms with Crippen molar-refractivity contribution >= 4 is 17.8 Å². The third kappa shape index (κ3) is 3.36. The van der Waals surface area contributed by atoms with E-state index in [0.717, 1.165) is 29.7 Å². The predicted octanol–water partition coefficient (Wildman–Crippen LogP) is 3.23. The number of benzene rings is 1. The van der Waals surface area contributed by atoms with Crippen LogP contribution in [-0.4, -0.2) is 35.1 Å². The van der Waals surface area contributed by atoms with Gasteiger partial charge in [-0.2, -0.15) is 0 Å². The van der Waals surface area contributed by atoms with Gasteiger partial charge in [0.15, 0.2) is 0 Å². The smallest absolute Gasteiger partial charge is 0.315 e. The second-order valence-corrected chi connectivity index (χ2v) is 8.72. The number of fused-ring (bicyclic) bond motifs is 4. The zero-order valence-corrected chi connectivity index (χ0v) is 17.0. The van der Waals surface area contributed by atoms with Crippen LogP contribution >= 0.6 is 0 Å². The van der Waals surface area contributed by atoms with Crippen molar-refractivity contribution in [2.24, 2.45) is 0 Å². The molecule has 2 aromatic rings. The number of amides is 3. The SMILES string of the molecule is O=C1CCc2c(Oc3ccc4c(c3)[C@H]3[C@H](NC(=O)NC5CCCC5)[C@H]3O4)ccnc2N1. The summed E-state index contributed by atoms with van der Waals surface area (Å²) < 4.78 is 12.2. The van der Waals surface area contributed by atoms with Crippen LogP contribution in [0.2, 0.25) is 0 Å². The van der Waals surface area contributed by atoms with Crippen LogP contribution in [0.25, 0.3) is 0 Å². The zero-order chi connectivity index (χ0) is 20.9. The summed E-state index contributed by atoms with van der Waals surface area (Å²) in [6.07, 6.45) is 7.15. The van der Waals surface area contributed by atoms with Gasteiger partial charge in [0.05, 0.1) is 12.0 Å². The third-order valence-corrected chi connectivity index (χ3v) is 6.65. The van der Waals surface area contributed by atoms with Gasteiger partial charge in [-0.25, -0.2) is 9.78 Å². The van der Waals surface area contributed by atoms with Crippen molar-refractivity contribution in [3.05, 3.63) is 41.6 Å². The van der Waals surface area contributed by atoms with Crippen molar-refractivity contribution in [2.75, 3.05) is 5.32 Å². The molecule has 2 aliphatic carbocycles. The molecule has 0 spiro atoms. The molecule has 0 radical (unpaired) electrons. The molecule has 6 rings (SSSR count). The second kappa shape index (κ2) is 7.14. The molecule has 0 saturated heterocycles. The first-order valence-electron chi connectivity index (χ1n) is 11.0. The molecule has 1 aromatic heterocycles. The average molecular weight is 420 g/mol. The van der Waals surface area contributed by atoms with Crippen LogP contribution in [0.3, 0.4) is 0 Å². The maximum Gasteiger partial charge on any atom is 0.315 e. The van der Waals surface area contributed by atoms with E-state index in [4.69, 9.17) is 9.47 Å². The Balaban J connectivity index is 1.15. The Hall–Kier alpha value is -3.29. The lowest BCUT2D eigenvalue weighted by Gasteiger charge is -2.19. The van der Waals surface area contributed by atoms with E-state index in [1.165, 1.54) is 12.8 Å².